The van der Waals surface area contributed by atoms with Crippen molar-refractivity contribution in [2.75, 3.05) is 5.32 Å². The van der Waals surface area contributed by atoms with E-state index in [1.807, 2.05) is 12.1 Å². The van der Waals surface area contributed by atoms with Gasteiger partial charge in [-0.25, -0.2) is 0 Å². The molecule has 0 radical (unpaired) electrons. The quantitative estimate of drug-likeness (QED) is 0.775. The van der Waals surface area contributed by atoms with E-state index in [-0.39, 0.29) is 5.91 Å². The molecule has 4 nitrogen and oxygen atoms in total. The van der Waals surface area contributed by atoms with Gasteiger partial charge in [-0.2, -0.15) is 0 Å². The van der Waals surface area contributed by atoms with Crippen LogP contribution in [0.5, 0.6) is 0 Å². The van der Waals surface area contributed by atoms with Crippen molar-refractivity contribution in [2.24, 2.45) is 0 Å². The molecule has 0 aliphatic heterocycles. The zero-order valence-electron chi connectivity index (χ0n) is 7.78. The molecule has 0 aliphatic rings. The van der Waals surface area contributed by atoms with Crippen LogP contribution in [0.15, 0.2) is 28.9 Å². The molecule has 1 N–H and O–H groups in total. The number of hydrogen-bond acceptors (Lipinski definition) is 4. The van der Waals surface area contributed by atoms with Gasteiger partial charge in [0.25, 0.3) is 5.91 Å². The number of amides is 1. The Bertz CT molecular complexity index is 517. The summed E-state index contributed by atoms with van der Waals surface area (Å²) >= 11 is 6.61. The number of anilines is 1. The molecule has 16 heavy (non-hydrogen) atoms. The zero-order chi connectivity index (χ0) is 11.5. The second-order valence-corrected chi connectivity index (χ2v) is 5.72. The largest absolute Gasteiger partial charge is 0.311 e. The van der Waals surface area contributed by atoms with Gasteiger partial charge in [-0.05, 0) is 40.8 Å². The van der Waals surface area contributed by atoms with Crippen LogP contribution < -0.4 is 5.32 Å². The summed E-state index contributed by atoms with van der Waals surface area (Å²) in [5.74, 6) is -0.156. The van der Waals surface area contributed by atoms with Crippen LogP contribution in [-0.2, 0) is 0 Å². The average molecular weight is 410 g/mol. The minimum Gasteiger partial charge on any atom is -0.311 e. The standard InChI is InChI=1S/C9H5BrIN3OS/c10-5-1-2-7(11)6(3-5)9(15)13-8-4-12-14-16-8/h1-4H,(H,13,15). The minimum atomic E-state index is -0.156. The lowest BCUT2D eigenvalue weighted by molar-refractivity contribution is 0.102. The first-order valence-corrected chi connectivity index (χ1v) is 6.85. The van der Waals surface area contributed by atoms with Gasteiger partial charge in [0.2, 0.25) is 0 Å². The fraction of sp³-hybridized carbons (Fsp3) is 0. The highest BCUT2D eigenvalue weighted by Gasteiger charge is 2.11. The van der Waals surface area contributed by atoms with Crippen LogP contribution in [0.4, 0.5) is 5.00 Å². The van der Waals surface area contributed by atoms with Crippen LogP contribution in [0.3, 0.4) is 0 Å². The van der Waals surface area contributed by atoms with E-state index in [0.29, 0.717) is 10.6 Å². The Morgan fingerprint density at radius 1 is 1.50 bits per heavy atom. The average Bonchev–Trinajstić information content (AvgIpc) is 2.74. The molecule has 0 aliphatic carbocycles. The Labute approximate surface area is 118 Å². The molecule has 1 amide bonds. The van der Waals surface area contributed by atoms with E-state index >= 15 is 0 Å². The maximum atomic E-state index is 11.9. The highest BCUT2D eigenvalue weighted by atomic mass is 127. The Balaban J connectivity index is 2.24. The smallest absolute Gasteiger partial charge is 0.257 e. The van der Waals surface area contributed by atoms with Gasteiger partial charge < -0.3 is 5.32 Å². The molecule has 0 saturated heterocycles. The second kappa shape index (κ2) is 5.19. The highest BCUT2D eigenvalue weighted by molar-refractivity contribution is 14.1. The van der Waals surface area contributed by atoms with E-state index in [0.717, 1.165) is 19.6 Å². The second-order valence-electron chi connectivity index (χ2n) is 2.86. The molecule has 0 saturated carbocycles. The molecule has 0 bridgehead atoms. The fourth-order valence-electron chi connectivity index (χ4n) is 1.07. The number of aromatic nitrogens is 2. The molecule has 1 aromatic carbocycles. The van der Waals surface area contributed by atoms with Crippen LogP contribution in [0, 0.1) is 3.57 Å². The summed E-state index contributed by atoms with van der Waals surface area (Å²) in [4.78, 5) is 11.9. The van der Waals surface area contributed by atoms with Gasteiger partial charge in [-0.15, -0.1) is 5.10 Å². The molecule has 7 heteroatoms. The van der Waals surface area contributed by atoms with Crippen LogP contribution in [0.2, 0.25) is 0 Å². The van der Waals surface area contributed by atoms with Crippen molar-refractivity contribution in [3.05, 3.63) is 38.0 Å². The molecule has 0 fully saturated rings. The van der Waals surface area contributed by atoms with Gasteiger partial charge in [0, 0.05) is 19.6 Å². The zero-order valence-corrected chi connectivity index (χ0v) is 12.3. The summed E-state index contributed by atoms with van der Waals surface area (Å²) in [6.07, 6.45) is 1.52. The molecule has 82 valence electrons. The van der Waals surface area contributed by atoms with Crippen LogP contribution in [0.1, 0.15) is 10.4 Å². The number of carbonyl (C=O) groups is 1. The summed E-state index contributed by atoms with van der Waals surface area (Å²) in [7, 11) is 0. The first-order chi connectivity index (χ1) is 7.66. The lowest BCUT2D eigenvalue weighted by Crippen LogP contribution is -2.12. The molecule has 2 rings (SSSR count). The van der Waals surface area contributed by atoms with Crippen molar-refractivity contribution in [2.45, 2.75) is 0 Å². The summed E-state index contributed by atoms with van der Waals surface area (Å²) < 4.78 is 5.45. The van der Waals surface area contributed by atoms with Crippen molar-refractivity contribution >= 4 is 61.0 Å². The van der Waals surface area contributed by atoms with Crippen molar-refractivity contribution in [1.29, 1.82) is 0 Å². The lowest BCUT2D eigenvalue weighted by atomic mass is 10.2. The monoisotopic (exact) mass is 409 g/mol. The maximum absolute atomic E-state index is 11.9. The molecule has 1 aromatic heterocycles. The number of rotatable bonds is 2. The fourth-order valence-corrected chi connectivity index (χ4v) is 2.43. The Hall–Kier alpha value is -0.540. The number of nitrogens with one attached hydrogen (secondary N) is 1. The Morgan fingerprint density at radius 3 is 3.00 bits per heavy atom. The maximum Gasteiger partial charge on any atom is 0.257 e. The van der Waals surface area contributed by atoms with Gasteiger partial charge in [-0.3, -0.25) is 4.79 Å². The molecular weight excluding hydrogens is 405 g/mol. The number of nitrogens with zero attached hydrogens (tertiary/aromatic N) is 2. The first-order valence-electron chi connectivity index (χ1n) is 4.20. The number of hydrogen-bond donors (Lipinski definition) is 1. The third-order valence-electron chi connectivity index (χ3n) is 1.77. The van der Waals surface area contributed by atoms with Gasteiger partial charge in [-0.1, -0.05) is 20.4 Å². The number of benzene rings is 1. The number of carbonyl (C=O) groups excluding carboxylic acids is 1. The van der Waals surface area contributed by atoms with Gasteiger partial charge in [0.1, 0.15) is 5.00 Å². The predicted octanol–water partition coefficient (Wildman–Crippen LogP) is 3.16. The lowest BCUT2D eigenvalue weighted by Gasteiger charge is -2.04. The summed E-state index contributed by atoms with van der Waals surface area (Å²) in [6.45, 7) is 0. The van der Waals surface area contributed by atoms with Crippen LogP contribution >= 0.6 is 50.1 Å². The van der Waals surface area contributed by atoms with Crippen molar-refractivity contribution in [3.63, 3.8) is 0 Å². The molecule has 1 heterocycles. The van der Waals surface area contributed by atoms with E-state index in [1.54, 1.807) is 6.07 Å². The normalized spacial score (nSPS) is 10.1. The molecule has 0 unspecified atom stereocenters. The Kier molecular flexibility index (Phi) is 3.87. The molecule has 0 spiro atoms. The minimum absolute atomic E-state index is 0.156. The van der Waals surface area contributed by atoms with E-state index in [4.69, 9.17) is 0 Å². The van der Waals surface area contributed by atoms with Crippen LogP contribution in [-0.4, -0.2) is 15.5 Å². The third-order valence-corrected chi connectivity index (χ3v) is 3.79. The Morgan fingerprint density at radius 2 is 2.31 bits per heavy atom. The molecule has 2 aromatic rings. The summed E-state index contributed by atoms with van der Waals surface area (Å²) in [5.41, 5.74) is 0.628. The molecule has 0 atom stereocenters. The number of halogens is 2. The van der Waals surface area contributed by atoms with E-state index < -0.39 is 0 Å². The van der Waals surface area contributed by atoms with E-state index in [1.165, 1.54) is 6.20 Å². The van der Waals surface area contributed by atoms with Gasteiger partial charge in [0.05, 0.1) is 11.8 Å². The van der Waals surface area contributed by atoms with Crippen molar-refractivity contribution < 1.29 is 4.79 Å². The van der Waals surface area contributed by atoms with Gasteiger partial charge >= 0.3 is 0 Å². The van der Waals surface area contributed by atoms with E-state index in [2.05, 4.69) is 53.4 Å². The summed E-state index contributed by atoms with van der Waals surface area (Å²) in [5, 5.41) is 7.03. The highest BCUT2D eigenvalue weighted by Crippen LogP contribution is 2.20. The third kappa shape index (κ3) is 2.77. The van der Waals surface area contributed by atoms with Crippen molar-refractivity contribution in [3.8, 4) is 0 Å². The van der Waals surface area contributed by atoms with E-state index in [9.17, 15) is 4.79 Å². The predicted molar refractivity (Wildman–Crippen MR) is 74.7 cm³/mol. The van der Waals surface area contributed by atoms with Gasteiger partial charge in [0.15, 0.2) is 0 Å². The van der Waals surface area contributed by atoms with Crippen LogP contribution in [0.25, 0.3) is 0 Å². The molecular formula is C9H5BrIN3OS. The first kappa shape index (κ1) is 11.9. The SMILES string of the molecule is O=C(Nc1cnns1)c1cc(Br)ccc1I. The summed E-state index contributed by atoms with van der Waals surface area (Å²) in [6, 6.07) is 5.56. The topological polar surface area (TPSA) is 54.9 Å². The van der Waals surface area contributed by atoms with Crippen molar-refractivity contribution in [1.82, 2.24) is 9.59 Å².